The van der Waals surface area contributed by atoms with Crippen molar-refractivity contribution in [2.24, 2.45) is 21.7 Å². The summed E-state index contributed by atoms with van der Waals surface area (Å²) in [7, 11) is 0. The minimum Gasteiger partial charge on any atom is -0.0599 e. The lowest BCUT2D eigenvalue weighted by molar-refractivity contribution is 0.244. The van der Waals surface area contributed by atoms with Crippen LogP contribution in [0.15, 0.2) is 0 Å². The molecule has 0 heterocycles. The Bertz CT molecular complexity index is 549. The third kappa shape index (κ3) is 24.1. The van der Waals surface area contributed by atoms with Gasteiger partial charge in [-0.05, 0) is 73.0 Å². The van der Waals surface area contributed by atoms with Crippen LogP contribution in [-0.2, 0) is 0 Å². The van der Waals surface area contributed by atoms with Crippen LogP contribution >= 0.6 is 0 Å². The van der Waals surface area contributed by atoms with E-state index in [0.29, 0.717) is 21.7 Å². The molecule has 4 aliphatic rings. The molecule has 0 atom stereocenters. The molecule has 4 saturated carbocycles. The second-order valence-electron chi connectivity index (χ2n) is 18.1. The SMILES string of the molecule is CC1(C)CCCCC1.CC1(C)CCCCCC1.CC1(C)CCCCCCC1.CC1(C)CCCCCCCCCCC1. The number of hydrogen-bond acceptors (Lipinski definition) is 0. The van der Waals surface area contributed by atoms with Crippen molar-refractivity contribution in [3.05, 3.63) is 0 Å². The van der Waals surface area contributed by atoms with Crippen molar-refractivity contribution in [2.75, 3.05) is 0 Å². The van der Waals surface area contributed by atoms with Crippen molar-refractivity contribution in [1.29, 1.82) is 0 Å². The summed E-state index contributed by atoms with van der Waals surface area (Å²) in [4.78, 5) is 0. The molecule has 0 unspecified atom stereocenters. The van der Waals surface area contributed by atoms with Crippen LogP contribution in [0.1, 0.15) is 242 Å². The first-order valence-electron chi connectivity index (χ1n) is 19.3. The Kier molecular flexibility index (Phi) is 20.6. The van der Waals surface area contributed by atoms with Gasteiger partial charge < -0.3 is 0 Å². The molecule has 0 aromatic carbocycles. The van der Waals surface area contributed by atoms with E-state index in [0.717, 1.165) is 0 Å². The van der Waals surface area contributed by atoms with E-state index in [1.54, 1.807) is 0 Å². The topological polar surface area (TPSA) is 0 Å². The minimum atomic E-state index is 0.624. The summed E-state index contributed by atoms with van der Waals surface area (Å²) >= 11 is 0. The van der Waals surface area contributed by atoms with E-state index >= 15 is 0 Å². The van der Waals surface area contributed by atoms with Gasteiger partial charge in [-0.15, -0.1) is 0 Å². The predicted molar refractivity (Wildman–Crippen MR) is 189 cm³/mol. The summed E-state index contributed by atoms with van der Waals surface area (Å²) < 4.78 is 0. The first-order chi connectivity index (χ1) is 19.3. The molecule has 0 bridgehead atoms. The fourth-order valence-corrected chi connectivity index (χ4v) is 7.63. The quantitative estimate of drug-likeness (QED) is 0.252. The molecule has 0 heteroatoms. The molecule has 0 aromatic rings. The third-order valence-electron chi connectivity index (χ3n) is 11.1. The van der Waals surface area contributed by atoms with Crippen LogP contribution in [0.5, 0.6) is 0 Å². The van der Waals surface area contributed by atoms with Crippen LogP contribution in [0.4, 0.5) is 0 Å². The van der Waals surface area contributed by atoms with Gasteiger partial charge in [0, 0.05) is 0 Å². The van der Waals surface area contributed by atoms with E-state index in [4.69, 9.17) is 0 Å². The molecule has 41 heavy (non-hydrogen) atoms. The van der Waals surface area contributed by atoms with Crippen molar-refractivity contribution >= 4 is 0 Å². The first kappa shape index (κ1) is 39.0. The Morgan fingerprint density at radius 1 is 0.171 bits per heavy atom. The lowest BCUT2D eigenvalue weighted by Gasteiger charge is -2.28. The van der Waals surface area contributed by atoms with E-state index < -0.39 is 0 Å². The highest BCUT2D eigenvalue weighted by atomic mass is 14.3. The molecule has 0 spiro atoms. The standard InChI is InChI=1S/C14H28.C10H20.C9H18.C8H16/c1-14(2)12-10-8-6-4-3-5-7-9-11-13-14;1-10(2)8-6-4-3-5-7-9-10;1-9(2)7-5-3-4-6-8-9;1-8(2)6-4-3-5-7-8/h3-13H2,1-2H3;3-9H2,1-2H3;3-8H2,1-2H3;3-7H2,1-2H3. The molecule has 4 fully saturated rings. The fourth-order valence-electron chi connectivity index (χ4n) is 7.63. The average molecular weight is 575 g/mol. The van der Waals surface area contributed by atoms with Crippen LogP contribution in [0.2, 0.25) is 0 Å². The molecular formula is C41H82. The Balaban J connectivity index is 0.000000280. The molecule has 0 N–H and O–H groups in total. The first-order valence-corrected chi connectivity index (χ1v) is 19.3. The molecule has 0 aromatic heterocycles. The summed E-state index contributed by atoms with van der Waals surface area (Å²) in [6.45, 7) is 19.3. The highest BCUT2D eigenvalue weighted by Gasteiger charge is 2.21. The maximum atomic E-state index is 2.46. The normalized spacial score (nSPS) is 26.9. The van der Waals surface area contributed by atoms with E-state index in [2.05, 4.69) is 55.4 Å². The van der Waals surface area contributed by atoms with Gasteiger partial charge in [0.15, 0.2) is 0 Å². The van der Waals surface area contributed by atoms with Crippen molar-refractivity contribution in [3.63, 3.8) is 0 Å². The zero-order valence-corrected chi connectivity index (χ0v) is 30.5. The van der Waals surface area contributed by atoms with E-state index in [1.807, 2.05) is 0 Å². The van der Waals surface area contributed by atoms with Crippen molar-refractivity contribution in [3.8, 4) is 0 Å². The second kappa shape index (κ2) is 21.7. The van der Waals surface area contributed by atoms with Crippen LogP contribution < -0.4 is 0 Å². The van der Waals surface area contributed by atoms with Gasteiger partial charge in [0.25, 0.3) is 0 Å². The van der Waals surface area contributed by atoms with Crippen molar-refractivity contribution in [2.45, 2.75) is 242 Å². The Hall–Kier alpha value is 0. The van der Waals surface area contributed by atoms with E-state index in [1.165, 1.54) is 186 Å². The van der Waals surface area contributed by atoms with E-state index in [-0.39, 0.29) is 0 Å². The lowest BCUT2D eigenvalue weighted by Crippen LogP contribution is -2.14. The van der Waals surface area contributed by atoms with Crippen LogP contribution in [-0.4, -0.2) is 0 Å². The van der Waals surface area contributed by atoms with Gasteiger partial charge in [0.2, 0.25) is 0 Å². The smallest absolute Gasteiger partial charge is 0.0354 e. The van der Waals surface area contributed by atoms with Gasteiger partial charge in [-0.1, -0.05) is 190 Å². The van der Waals surface area contributed by atoms with Crippen molar-refractivity contribution in [1.82, 2.24) is 0 Å². The highest BCUT2D eigenvalue weighted by molar-refractivity contribution is 4.73. The summed E-state index contributed by atoms with van der Waals surface area (Å²) in [6.07, 6.45) is 42.6. The predicted octanol–water partition coefficient (Wildman–Crippen LogP) is 15.4. The molecule has 246 valence electrons. The molecule has 0 saturated heterocycles. The minimum absolute atomic E-state index is 0.624. The second-order valence-corrected chi connectivity index (χ2v) is 18.1. The third-order valence-corrected chi connectivity index (χ3v) is 11.1. The molecule has 0 radical (unpaired) electrons. The lowest BCUT2D eigenvalue weighted by atomic mass is 9.78. The summed E-state index contributed by atoms with van der Waals surface area (Å²) in [6, 6.07) is 0. The summed E-state index contributed by atoms with van der Waals surface area (Å²) in [5.74, 6) is 0. The molecular weight excluding hydrogens is 492 g/mol. The van der Waals surface area contributed by atoms with Gasteiger partial charge in [-0.25, -0.2) is 0 Å². The zero-order chi connectivity index (χ0) is 30.5. The van der Waals surface area contributed by atoms with Gasteiger partial charge in [-0.2, -0.15) is 0 Å². The molecule has 0 aliphatic heterocycles. The number of rotatable bonds is 0. The molecule has 0 nitrogen and oxygen atoms in total. The largest absolute Gasteiger partial charge is 0.0599 e. The van der Waals surface area contributed by atoms with Gasteiger partial charge in [0.1, 0.15) is 0 Å². The summed E-state index contributed by atoms with van der Waals surface area (Å²) in [5, 5.41) is 0. The zero-order valence-electron chi connectivity index (χ0n) is 30.5. The van der Waals surface area contributed by atoms with E-state index in [9.17, 15) is 0 Å². The Labute approximate surface area is 262 Å². The molecule has 4 aliphatic carbocycles. The maximum absolute atomic E-state index is 2.46. The van der Waals surface area contributed by atoms with Crippen LogP contribution in [0, 0.1) is 21.7 Å². The molecule has 0 amide bonds. The highest BCUT2D eigenvalue weighted by Crippen LogP contribution is 2.35. The Morgan fingerprint density at radius 3 is 0.415 bits per heavy atom. The monoisotopic (exact) mass is 575 g/mol. The van der Waals surface area contributed by atoms with Gasteiger partial charge >= 0.3 is 0 Å². The Morgan fingerprint density at radius 2 is 0.268 bits per heavy atom. The van der Waals surface area contributed by atoms with Crippen LogP contribution in [0.3, 0.4) is 0 Å². The maximum Gasteiger partial charge on any atom is -0.0354 e. The summed E-state index contributed by atoms with van der Waals surface area (Å²) in [5.41, 5.74) is 2.62. The van der Waals surface area contributed by atoms with Crippen molar-refractivity contribution < 1.29 is 0 Å². The van der Waals surface area contributed by atoms with Crippen LogP contribution in [0.25, 0.3) is 0 Å². The molecule has 4 rings (SSSR count). The van der Waals surface area contributed by atoms with Gasteiger partial charge in [-0.3, -0.25) is 0 Å². The fraction of sp³-hybridized carbons (Fsp3) is 1.00. The average Bonchev–Trinajstić information content (AvgIpc) is 3.08. The van der Waals surface area contributed by atoms with Gasteiger partial charge in [0.05, 0.1) is 0 Å². The number of hydrogen-bond donors (Lipinski definition) is 0.